The number of benzene rings is 2. The molecule has 1 heterocycles. The van der Waals surface area contributed by atoms with E-state index in [1.807, 2.05) is 30.3 Å². The van der Waals surface area contributed by atoms with Gasteiger partial charge < -0.3 is 0 Å². The van der Waals surface area contributed by atoms with Crippen LogP contribution in [0.3, 0.4) is 0 Å². The lowest BCUT2D eigenvalue weighted by atomic mass is 10.2. The van der Waals surface area contributed by atoms with Gasteiger partial charge in [-0.1, -0.05) is 35.5 Å². The highest BCUT2D eigenvalue weighted by atomic mass is 16.6. The lowest BCUT2D eigenvalue weighted by Crippen LogP contribution is -2.02. The molecule has 114 valence electrons. The minimum absolute atomic E-state index is 0.107. The number of nitro benzene ring substituents is 2. The Labute approximate surface area is 129 Å². The minimum Gasteiger partial charge on any atom is -0.258 e. The van der Waals surface area contributed by atoms with E-state index in [0.29, 0.717) is 5.69 Å². The van der Waals surface area contributed by atoms with Gasteiger partial charge in [-0.05, 0) is 6.07 Å². The van der Waals surface area contributed by atoms with Gasteiger partial charge in [0.2, 0.25) is 0 Å². The summed E-state index contributed by atoms with van der Waals surface area (Å²) in [5.74, 6) is 0. The van der Waals surface area contributed by atoms with Crippen molar-refractivity contribution in [3.8, 4) is 16.9 Å². The number of hydrogen-bond donors (Lipinski definition) is 0. The fourth-order valence-electron chi connectivity index (χ4n) is 2.09. The van der Waals surface area contributed by atoms with Crippen LogP contribution in [-0.2, 0) is 0 Å². The minimum atomic E-state index is -0.688. The molecule has 3 rings (SSSR count). The molecule has 0 unspecified atom stereocenters. The fourth-order valence-corrected chi connectivity index (χ4v) is 2.09. The molecular weight excluding hydrogens is 302 g/mol. The number of hydrogen-bond acceptors (Lipinski definition) is 6. The van der Waals surface area contributed by atoms with E-state index >= 15 is 0 Å². The van der Waals surface area contributed by atoms with Crippen LogP contribution in [0, 0.1) is 20.2 Å². The van der Waals surface area contributed by atoms with E-state index in [1.54, 1.807) is 0 Å². The Morgan fingerprint density at radius 2 is 1.70 bits per heavy atom. The Bertz CT molecular complexity index is 891. The zero-order valence-electron chi connectivity index (χ0n) is 11.6. The summed E-state index contributed by atoms with van der Waals surface area (Å²) in [6.07, 6.45) is 1.53. The lowest BCUT2D eigenvalue weighted by molar-refractivity contribution is -0.394. The first kappa shape index (κ1) is 14.3. The van der Waals surface area contributed by atoms with Crippen LogP contribution in [0.5, 0.6) is 0 Å². The third kappa shape index (κ3) is 2.75. The van der Waals surface area contributed by atoms with Gasteiger partial charge >= 0.3 is 5.69 Å². The van der Waals surface area contributed by atoms with Crippen LogP contribution in [0.2, 0.25) is 0 Å². The summed E-state index contributed by atoms with van der Waals surface area (Å²) in [5.41, 5.74) is 0.685. The Balaban J connectivity index is 2.07. The van der Waals surface area contributed by atoms with E-state index in [-0.39, 0.29) is 11.4 Å². The molecule has 9 nitrogen and oxygen atoms in total. The number of rotatable bonds is 4. The summed E-state index contributed by atoms with van der Waals surface area (Å²) >= 11 is 0. The molecule has 1 aromatic heterocycles. The van der Waals surface area contributed by atoms with Gasteiger partial charge in [-0.25, -0.2) is 4.68 Å². The molecular formula is C14H9N5O4. The van der Waals surface area contributed by atoms with Crippen LogP contribution in [0.15, 0.2) is 54.7 Å². The summed E-state index contributed by atoms with van der Waals surface area (Å²) < 4.78 is 1.23. The van der Waals surface area contributed by atoms with Gasteiger partial charge in [0.25, 0.3) is 5.69 Å². The molecule has 0 spiro atoms. The molecule has 0 fully saturated rings. The number of non-ortho nitro benzene ring substituents is 1. The molecule has 0 aliphatic heterocycles. The average molecular weight is 311 g/mol. The number of nitro groups is 2. The van der Waals surface area contributed by atoms with Gasteiger partial charge in [-0.3, -0.25) is 20.2 Å². The summed E-state index contributed by atoms with van der Waals surface area (Å²) in [7, 11) is 0. The lowest BCUT2D eigenvalue weighted by Gasteiger charge is -2.01. The monoisotopic (exact) mass is 311 g/mol. The van der Waals surface area contributed by atoms with Crippen LogP contribution in [-0.4, -0.2) is 24.8 Å². The second kappa shape index (κ2) is 5.64. The highest BCUT2D eigenvalue weighted by molar-refractivity contribution is 5.61. The highest BCUT2D eigenvalue weighted by Gasteiger charge is 2.21. The average Bonchev–Trinajstić information content (AvgIpc) is 3.04. The second-order valence-electron chi connectivity index (χ2n) is 4.60. The predicted molar refractivity (Wildman–Crippen MR) is 80.1 cm³/mol. The Morgan fingerprint density at radius 3 is 2.35 bits per heavy atom. The van der Waals surface area contributed by atoms with Crippen molar-refractivity contribution < 1.29 is 9.85 Å². The van der Waals surface area contributed by atoms with E-state index in [1.165, 1.54) is 23.0 Å². The molecule has 0 aliphatic carbocycles. The largest absolute Gasteiger partial charge is 0.301 e. The topological polar surface area (TPSA) is 117 Å². The van der Waals surface area contributed by atoms with Crippen molar-refractivity contribution in [3.63, 3.8) is 0 Å². The van der Waals surface area contributed by atoms with E-state index in [0.717, 1.165) is 11.6 Å². The zero-order chi connectivity index (χ0) is 16.4. The molecule has 9 heteroatoms. The van der Waals surface area contributed by atoms with E-state index in [9.17, 15) is 20.2 Å². The second-order valence-corrected chi connectivity index (χ2v) is 4.60. The maximum atomic E-state index is 11.2. The van der Waals surface area contributed by atoms with E-state index in [2.05, 4.69) is 10.3 Å². The molecule has 3 aromatic rings. The molecule has 0 atom stereocenters. The number of aromatic nitrogens is 3. The van der Waals surface area contributed by atoms with Gasteiger partial charge in [0.15, 0.2) is 0 Å². The maximum Gasteiger partial charge on any atom is 0.301 e. The number of nitrogens with zero attached hydrogens (tertiary/aromatic N) is 5. The molecule has 0 aliphatic rings. The van der Waals surface area contributed by atoms with Crippen molar-refractivity contribution in [3.05, 3.63) is 75.0 Å². The Hall–Kier alpha value is -3.62. The fraction of sp³-hybridized carbons (Fsp3) is 0. The van der Waals surface area contributed by atoms with Gasteiger partial charge in [0.05, 0.1) is 22.1 Å². The summed E-state index contributed by atoms with van der Waals surface area (Å²) in [6.45, 7) is 0. The van der Waals surface area contributed by atoms with Crippen LogP contribution in [0.25, 0.3) is 16.9 Å². The third-order valence-corrected chi connectivity index (χ3v) is 3.18. The molecule has 0 bridgehead atoms. The first-order valence-electron chi connectivity index (χ1n) is 6.47. The molecule has 0 saturated carbocycles. The van der Waals surface area contributed by atoms with Crippen molar-refractivity contribution in [1.82, 2.24) is 15.0 Å². The highest BCUT2D eigenvalue weighted by Crippen LogP contribution is 2.28. The normalized spacial score (nSPS) is 10.4. The molecule has 0 N–H and O–H groups in total. The molecule has 0 saturated heterocycles. The van der Waals surface area contributed by atoms with Crippen LogP contribution in [0.1, 0.15) is 0 Å². The van der Waals surface area contributed by atoms with Crippen LogP contribution < -0.4 is 0 Å². The Morgan fingerprint density at radius 1 is 0.957 bits per heavy atom. The molecule has 0 amide bonds. The van der Waals surface area contributed by atoms with Gasteiger partial charge in [-0.2, -0.15) is 0 Å². The zero-order valence-corrected chi connectivity index (χ0v) is 11.6. The summed E-state index contributed by atoms with van der Waals surface area (Å²) in [4.78, 5) is 20.6. The molecule has 0 radical (unpaired) electrons. The standard InChI is InChI=1S/C14H9N5O4/c20-18(21)11-6-7-13(14(8-11)19(22)23)17-9-12(15-16-17)10-4-2-1-3-5-10/h1-9H. The Kier molecular flexibility index (Phi) is 3.51. The van der Waals surface area contributed by atoms with E-state index < -0.39 is 15.5 Å². The predicted octanol–water partition coefficient (Wildman–Crippen LogP) is 2.75. The van der Waals surface area contributed by atoms with E-state index in [4.69, 9.17) is 0 Å². The van der Waals surface area contributed by atoms with Crippen molar-refractivity contribution in [2.45, 2.75) is 0 Å². The summed E-state index contributed by atoms with van der Waals surface area (Å²) in [6, 6.07) is 12.6. The van der Waals surface area contributed by atoms with Crippen molar-refractivity contribution in [2.24, 2.45) is 0 Å². The first-order chi connectivity index (χ1) is 11.1. The molecule has 23 heavy (non-hydrogen) atoms. The van der Waals surface area contributed by atoms with Gasteiger partial charge in [-0.15, -0.1) is 5.10 Å². The van der Waals surface area contributed by atoms with Crippen molar-refractivity contribution >= 4 is 11.4 Å². The van der Waals surface area contributed by atoms with Crippen LogP contribution >= 0.6 is 0 Å². The van der Waals surface area contributed by atoms with Crippen LogP contribution in [0.4, 0.5) is 11.4 Å². The van der Waals surface area contributed by atoms with Crippen molar-refractivity contribution in [2.75, 3.05) is 0 Å². The summed E-state index contributed by atoms with van der Waals surface area (Å²) in [5, 5.41) is 29.8. The quantitative estimate of drug-likeness (QED) is 0.540. The maximum absolute atomic E-state index is 11.2. The third-order valence-electron chi connectivity index (χ3n) is 3.18. The molecule has 2 aromatic carbocycles. The van der Waals surface area contributed by atoms with Gasteiger partial charge in [0.1, 0.15) is 11.4 Å². The SMILES string of the molecule is O=[N+]([O-])c1ccc(-n2cc(-c3ccccc3)nn2)c([N+](=O)[O-])c1. The smallest absolute Gasteiger partial charge is 0.258 e. The first-order valence-corrected chi connectivity index (χ1v) is 6.47. The van der Waals surface area contributed by atoms with Crippen molar-refractivity contribution in [1.29, 1.82) is 0 Å². The van der Waals surface area contributed by atoms with Gasteiger partial charge in [0, 0.05) is 11.6 Å².